The van der Waals surface area contributed by atoms with Crippen molar-refractivity contribution < 1.29 is 0 Å². The van der Waals surface area contributed by atoms with E-state index in [1.54, 1.807) is 11.3 Å². The molecule has 0 N–H and O–H groups in total. The molecule has 0 radical (unpaired) electrons. The van der Waals surface area contributed by atoms with Crippen molar-refractivity contribution in [1.82, 2.24) is 24.1 Å². The Morgan fingerprint density at radius 1 is 0.275 bits per heavy atom. The predicted molar refractivity (Wildman–Crippen MR) is 289 cm³/mol. The minimum Gasteiger partial charge on any atom is -0.309 e. The van der Waals surface area contributed by atoms with Gasteiger partial charge in [0.1, 0.15) is 0 Å². The maximum atomic E-state index is 5.36. The van der Waals surface area contributed by atoms with Crippen molar-refractivity contribution in [3.05, 3.63) is 237 Å². The third-order valence-corrected chi connectivity index (χ3v) is 14.8. The molecule has 0 unspecified atom stereocenters. The molecule has 0 atom stereocenters. The van der Waals surface area contributed by atoms with Crippen LogP contribution < -0.4 is 0 Å². The van der Waals surface area contributed by atoms with Crippen molar-refractivity contribution in [2.75, 3.05) is 0 Å². The summed E-state index contributed by atoms with van der Waals surface area (Å²) in [6, 6.07) is 84.5. The molecule has 10 aromatic carbocycles. The standard InChI is InChI=1S/C63H39N5S/c1-3-16-40(17-4-1)42-32-34-58-53(38-42)49-25-8-11-30-56(49)68(58)47-23-14-20-45(37-47)62-64-61(65-63(66-62)52-28-15-27-51-50-26-9-12-31-59(50)69-60(51)52)44-19-13-18-41(36-44)43-33-35-57-54(39-43)48-24-7-10-29-55(48)67(57)46-21-5-2-6-22-46/h1-39H. The van der Waals surface area contributed by atoms with E-state index in [0.717, 1.165) is 54.9 Å². The van der Waals surface area contributed by atoms with Crippen molar-refractivity contribution in [3.8, 4) is 67.8 Å². The van der Waals surface area contributed by atoms with Gasteiger partial charge in [-0.25, -0.2) is 15.0 Å². The van der Waals surface area contributed by atoms with Crippen molar-refractivity contribution in [2.45, 2.75) is 0 Å². The van der Waals surface area contributed by atoms with Crippen LogP contribution in [0.15, 0.2) is 237 Å². The van der Waals surface area contributed by atoms with Gasteiger partial charge in [-0.3, -0.25) is 0 Å². The molecule has 5 nitrogen and oxygen atoms in total. The molecule has 6 heteroatoms. The molecule has 322 valence electrons. The molecule has 0 spiro atoms. The summed E-state index contributed by atoms with van der Waals surface area (Å²) in [6.07, 6.45) is 0. The van der Waals surface area contributed by atoms with E-state index in [1.165, 1.54) is 59.2 Å². The Morgan fingerprint density at radius 2 is 0.739 bits per heavy atom. The first-order valence-electron chi connectivity index (χ1n) is 23.3. The van der Waals surface area contributed by atoms with Crippen LogP contribution in [0.2, 0.25) is 0 Å². The first-order valence-corrected chi connectivity index (χ1v) is 24.1. The average molecular weight is 898 g/mol. The summed E-state index contributed by atoms with van der Waals surface area (Å²) < 4.78 is 7.11. The number of hydrogen-bond acceptors (Lipinski definition) is 4. The summed E-state index contributed by atoms with van der Waals surface area (Å²) in [5, 5.41) is 7.28. The van der Waals surface area contributed by atoms with Gasteiger partial charge in [0.05, 0.1) is 22.1 Å². The zero-order valence-corrected chi connectivity index (χ0v) is 38.0. The van der Waals surface area contributed by atoms with Crippen LogP contribution in [-0.2, 0) is 0 Å². The van der Waals surface area contributed by atoms with E-state index in [2.05, 4.69) is 246 Å². The lowest BCUT2D eigenvalue weighted by Gasteiger charge is -2.12. The Labute approximate surface area is 401 Å². The van der Waals surface area contributed by atoms with Crippen molar-refractivity contribution in [3.63, 3.8) is 0 Å². The first-order chi connectivity index (χ1) is 34.2. The highest BCUT2D eigenvalue weighted by Gasteiger charge is 2.20. The van der Waals surface area contributed by atoms with Crippen LogP contribution in [-0.4, -0.2) is 24.1 Å². The van der Waals surface area contributed by atoms with E-state index in [-0.39, 0.29) is 0 Å². The predicted octanol–water partition coefficient (Wildman–Crippen LogP) is 16.8. The van der Waals surface area contributed by atoms with Gasteiger partial charge >= 0.3 is 0 Å². The molecule has 0 fully saturated rings. The molecule has 14 aromatic rings. The molecule has 0 amide bonds. The van der Waals surface area contributed by atoms with Crippen LogP contribution in [0.5, 0.6) is 0 Å². The Hall–Kier alpha value is -8.97. The SMILES string of the molecule is c1ccc(-c2ccc3c(c2)c2ccccc2n3-c2cccc(-c3nc(-c4cccc(-c5ccc6c(c5)c5ccccc5n6-c5ccccc5)c4)nc(-c4cccc5c4sc4ccccc45)n3)c2)cc1. The first kappa shape index (κ1) is 39.2. The second-order valence-electron chi connectivity index (χ2n) is 17.6. The molecule has 0 aliphatic heterocycles. The highest BCUT2D eigenvalue weighted by atomic mass is 32.1. The van der Waals surface area contributed by atoms with Crippen LogP contribution in [0.25, 0.3) is 132 Å². The highest BCUT2D eigenvalue weighted by molar-refractivity contribution is 7.26. The van der Waals surface area contributed by atoms with E-state index >= 15 is 0 Å². The van der Waals surface area contributed by atoms with Gasteiger partial charge in [-0.15, -0.1) is 11.3 Å². The van der Waals surface area contributed by atoms with Gasteiger partial charge in [-0.05, 0) is 101 Å². The van der Waals surface area contributed by atoms with E-state index < -0.39 is 0 Å². The highest BCUT2D eigenvalue weighted by Crippen LogP contribution is 2.41. The number of hydrogen-bond donors (Lipinski definition) is 0. The Morgan fingerprint density at radius 3 is 1.45 bits per heavy atom. The molecule has 0 saturated carbocycles. The molecule has 4 heterocycles. The molecule has 0 saturated heterocycles. The summed E-state index contributed by atoms with van der Waals surface area (Å²) >= 11 is 1.78. The van der Waals surface area contributed by atoms with E-state index in [4.69, 9.17) is 15.0 Å². The quantitative estimate of drug-likeness (QED) is 0.160. The van der Waals surface area contributed by atoms with Gasteiger partial charge in [-0.2, -0.15) is 0 Å². The zero-order valence-electron chi connectivity index (χ0n) is 37.2. The molecule has 0 aliphatic rings. The van der Waals surface area contributed by atoms with Gasteiger partial charge in [0.25, 0.3) is 0 Å². The van der Waals surface area contributed by atoms with Crippen LogP contribution >= 0.6 is 11.3 Å². The van der Waals surface area contributed by atoms with Crippen molar-refractivity contribution in [2.24, 2.45) is 0 Å². The van der Waals surface area contributed by atoms with Crippen LogP contribution in [0.3, 0.4) is 0 Å². The minimum absolute atomic E-state index is 0.614. The lowest BCUT2D eigenvalue weighted by molar-refractivity contribution is 1.07. The van der Waals surface area contributed by atoms with E-state index in [0.29, 0.717) is 17.5 Å². The molecule has 14 rings (SSSR count). The maximum Gasteiger partial charge on any atom is 0.165 e. The van der Waals surface area contributed by atoms with Crippen LogP contribution in [0.4, 0.5) is 0 Å². The van der Waals surface area contributed by atoms with Gasteiger partial charge in [-0.1, -0.05) is 158 Å². The second kappa shape index (κ2) is 15.8. The zero-order chi connectivity index (χ0) is 45.4. The van der Waals surface area contributed by atoms with Gasteiger partial charge in [0, 0.05) is 69.8 Å². The summed E-state index contributed by atoms with van der Waals surface area (Å²) in [6.45, 7) is 0. The molecular formula is C63H39N5S. The number of aromatic nitrogens is 5. The molecular weight excluding hydrogens is 859 g/mol. The average Bonchev–Trinajstić information content (AvgIpc) is 4.09. The Kier molecular flexibility index (Phi) is 9.00. The second-order valence-corrected chi connectivity index (χ2v) is 18.6. The van der Waals surface area contributed by atoms with Crippen LogP contribution in [0, 0.1) is 0 Å². The maximum absolute atomic E-state index is 5.36. The molecule has 69 heavy (non-hydrogen) atoms. The smallest absolute Gasteiger partial charge is 0.165 e. The lowest BCUT2D eigenvalue weighted by atomic mass is 10.0. The summed E-state index contributed by atoms with van der Waals surface area (Å²) in [5.41, 5.74) is 14.2. The topological polar surface area (TPSA) is 48.5 Å². The monoisotopic (exact) mass is 897 g/mol. The number of fused-ring (bicyclic) bond motifs is 9. The Balaban J connectivity index is 0.933. The van der Waals surface area contributed by atoms with Gasteiger partial charge in [0.2, 0.25) is 0 Å². The van der Waals surface area contributed by atoms with Gasteiger partial charge < -0.3 is 9.13 Å². The number of rotatable bonds is 7. The van der Waals surface area contributed by atoms with Crippen LogP contribution in [0.1, 0.15) is 0 Å². The fourth-order valence-corrected chi connectivity index (χ4v) is 11.6. The van der Waals surface area contributed by atoms with E-state index in [9.17, 15) is 0 Å². The third kappa shape index (κ3) is 6.49. The summed E-state index contributed by atoms with van der Waals surface area (Å²) in [5.74, 6) is 1.87. The fraction of sp³-hybridized carbons (Fsp3) is 0. The normalized spacial score (nSPS) is 11.8. The summed E-state index contributed by atoms with van der Waals surface area (Å²) in [7, 11) is 0. The largest absolute Gasteiger partial charge is 0.309 e. The lowest BCUT2D eigenvalue weighted by Crippen LogP contribution is -2.01. The molecule has 0 aliphatic carbocycles. The molecule has 0 bridgehead atoms. The number of para-hydroxylation sites is 3. The van der Waals surface area contributed by atoms with Gasteiger partial charge in [0.15, 0.2) is 17.5 Å². The number of benzene rings is 10. The third-order valence-electron chi connectivity index (χ3n) is 13.6. The number of thiophene rings is 1. The number of nitrogens with zero attached hydrogens (tertiary/aromatic N) is 5. The van der Waals surface area contributed by atoms with Crippen molar-refractivity contribution >= 4 is 75.1 Å². The van der Waals surface area contributed by atoms with E-state index in [1.807, 2.05) is 0 Å². The fourth-order valence-electron chi connectivity index (χ4n) is 10.4. The molecule has 4 aromatic heterocycles. The Bertz CT molecular complexity index is 4320. The summed E-state index contributed by atoms with van der Waals surface area (Å²) in [4.78, 5) is 16.0. The minimum atomic E-state index is 0.614. The van der Waals surface area contributed by atoms with Crippen molar-refractivity contribution in [1.29, 1.82) is 0 Å².